The Morgan fingerprint density at radius 1 is 1.00 bits per heavy atom. The molecule has 0 saturated heterocycles. The van der Waals surface area contributed by atoms with Crippen molar-refractivity contribution in [3.8, 4) is 11.5 Å². The summed E-state index contributed by atoms with van der Waals surface area (Å²) in [6.07, 6.45) is 0. The highest BCUT2D eigenvalue weighted by molar-refractivity contribution is 5.94. The minimum Gasteiger partial charge on any atom is -0.429 e. The molecule has 0 amide bonds. The Bertz CT molecular complexity index is 823. The SMILES string of the molecule is Cc1ccc(/C(F)=C(/F)C(=O)Oc2cc(F)c(OC(F)F)c(F)c2)cc1. The van der Waals surface area contributed by atoms with Crippen LogP contribution in [0.25, 0.3) is 5.83 Å². The zero-order chi connectivity index (χ0) is 19.4. The van der Waals surface area contributed by atoms with Gasteiger partial charge >= 0.3 is 12.6 Å². The summed E-state index contributed by atoms with van der Waals surface area (Å²) >= 11 is 0. The van der Waals surface area contributed by atoms with Crippen LogP contribution < -0.4 is 9.47 Å². The van der Waals surface area contributed by atoms with E-state index in [0.717, 1.165) is 5.56 Å². The van der Waals surface area contributed by atoms with Crippen LogP contribution in [-0.4, -0.2) is 12.6 Å². The molecule has 0 bridgehead atoms. The lowest BCUT2D eigenvalue weighted by Gasteiger charge is -2.09. The van der Waals surface area contributed by atoms with Gasteiger partial charge in [0.05, 0.1) is 0 Å². The van der Waals surface area contributed by atoms with Gasteiger partial charge in [0.25, 0.3) is 0 Å². The van der Waals surface area contributed by atoms with Crippen molar-refractivity contribution in [2.75, 3.05) is 0 Å². The maximum atomic E-state index is 13.9. The first-order chi connectivity index (χ1) is 12.2. The van der Waals surface area contributed by atoms with Crippen molar-refractivity contribution in [3.63, 3.8) is 0 Å². The predicted octanol–water partition coefficient (Wildman–Crippen LogP) is 5.09. The summed E-state index contributed by atoms with van der Waals surface area (Å²) in [6.45, 7) is -1.78. The number of hydrogen-bond donors (Lipinski definition) is 0. The molecule has 0 spiro atoms. The predicted molar refractivity (Wildman–Crippen MR) is 78.9 cm³/mol. The lowest BCUT2D eigenvalue weighted by atomic mass is 10.1. The average Bonchev–Trinajstić information content (AvgIpc) is 2.57. The molecule has 9 heteroatoms. The van der Waals surface area contributed by atoms with Crippen LogP contribution in [0, 0.1) is 18.6 Å². The van der Waals surface area contributed by atoms with Crippen LogP contribution in [-0.2, 0) is 4.79 Å². The maximum Gasteiger partial charge on any atom is 0.387 e. The number of alkyl halides is 2. The van der Waals surface area contributed by atoms with E-state index in [9.17, 15) is 31.1 Å². The van der Waals surface area contributed by atoms with E-state index in [-0.39, 0.29) is 5.56 Å². The molecule has 0 aromatic heterocycles. The molecule has 26 heavy (non-hydrogen) atoms. The van der Waals surface area contributed by atoms with Gasteiger partial charge in [-0.3, -0.25) is 0 Å². The number of ether oxygens (including phenoxy) is 2. The Morgan fingerprint density at radius 2 is 1.54 bits per heavy atom. The first-order valence-electron chi connectivity index (χ1n) is 6.97. The normalized spacial score (nSPS) is 12.0. The Morgan fingerprint density at radius 3 is 2.04 bits per heavy atom. The standard InChI is InChI=1S/C17H10F6O3/c1-8-2-4-9(5-3-8)13(20)14(21)16(24)25-10-6-11(18)15(12(19)7-10)26-17(22)23/h2-7,17H,1H3/b14-13-. The largest absolute Gasteiger partial charge is 0.429 e. The van der Waals surface area contributed by atoms with E-state index in [2.05, 4.69) is 9.47 Å². The van der Waals surface area contributed by atoms with Gasteiger partial charge in [-0.25, -0.2) is 18.0 Å². The van der Waals surface area contributed by atoms with Crippen molar-refractivity contribution in [2.45, 2.75) is 13.5 Å². The van der Waals surface area contributed by atoms with E-state index in [1.165, 1.54) is 24.3 Å². The van der Waals surface area contributed by atoms with Crippen molar-refractivity contribution >= 4 is 11.8 Å². The Hall–Kier alpha value is -2.97. The molecule has 138 valence electrons. The lowest BCUT2D eigenvalue weighted by molar-refractivity contribution is -0.131. The smallest absolute Gasteiger partial charge is 0.387 e. The van der Waals surface area contributed by atoms with Gasteiger partial charge in [-0.1, -0.05) is 29.8 Å². The van der Waals surface area contributed by atoms with Gasteiger partial charge in [-0.15, -0.1) is 0 Å². The summed E-state index contributed by atoms with van der Waals surface area (Å²) in [7, 11) is 0. The first kappa shape index (κ1) is 19.4. The summed E-state index contributed by atoms with van der Waals surface area (Å²) in [4.78, 5) is 11.6. The molecule has 0 atom stereocenters. The van der Waals surface area contributed by atoms with E-state index < -0.39 is 47.4 Å². The van der Waals surface area contributed by atoms with Gasteiger partial charge in [-0.05, 0) is 6.92 Å². The molecule has 0 aliphatic carbocycles. The number of halogens is 6. The molecular formula is C17H10F6O3. The van der Waals surface area contributed by atoms with E-state index in [1.807, 2.05) is 0 Å². The molecule has 0 aliphatic rings. The zero-order valence-corrected chi connectivity index (χ0v) is 13.0. The average molecular weight is 376 g/mol. The Kier molecular flexibility index (Phi) is 5.91. The number of rotatable bonds is 5. The van der Waals surface area contributed by atoms with Gasteiger partial charge in [0.1, 0.15) is 5.75 Å². The zero-order valence-electron chi connectivity index (χ0n) is 13.0. The highest BCUT2D eigenvalue weighted by Gasteiger charge is 2.22. The lowest BCUT2D eigenvalue weighted by Crippen LogP contribution is -2.11. The maximum absolute atomic E-state index is 13.9. The topological polar surface area (TPSA) is 35.5 Å². The molecule has 2 aromatic carbocycles. The first-order valence-corrected chi connectivity index (χ1v) is 6.97. The minimum atomic E-state index is -3.49. The molecular weight excluding hydrogens is 366 g/mol. The van der Waals surface area contributed by atoms with Crippen LogP contribution in [0.5, 0.6) is 11.5 Å². The fourth-order valence-corrected chi connectivity index (χ4v) is 1.87. The van der Waals surface area contributed by atoms with Crippen LogP contribution in [0.3, 0.4) is 0 Å². The summed E-state index contributed by atoms with van der Waals surface area (Å²) in [5.41, 5.74) is 0.518. The van der Waals surface area contributed by atoms with Crippen molar-refractivity contribution < 1.29 is 40.6 Å². The van der Waals surface area contributed by atoms with Crippen LogP contribution >= 0.6 is 0 Å². The van der Waals surface area contributed by atoms with Crippen molar-refractivity contribution in [3.05, 3.63) is 65.0 Å². The highest BCUT2D eigenvalue weighted by Crippen LogP contribution is 2.29. The minimum absolute atomic E-state index is 0.247. The molecule has 0 fully saturated rings. The number of carbonyl (C=O) groups is 1. The molecule has 0 N–H and O–H groups in total. The second-order valence-electron chi connectivity index (χ2n) is 4.98. The van der Waals surface area contributed by atoms with Crippen molar-refractivity contribution in [1.82, 2.24) is 0 Å². The summed E-state index contributed by atoms with van der Waals surface area (Å²) in [6, 6.07) is 6.01. The van der Waals surface area contributed by atoms with Crippen LogP contribution in [0.4, 0.5) is 26.3 Å². The molecule has 0 unspecified atom stereocenters. The summed E-state index contributed by atoms with van der Waals surface area (Å²) in [5.74, 6) is -10.8. The Labute approximate surface area is 143 Å². The molecule has 2 aromatic rings. The monoisotopic (exact) mass is 376 g/mol. The van der Waals surface area contributed by atoms with Gasteiger partial charge in [0, 0.05) is 17.7 Å². The number of aryl methyl sites for hydroxylation is 1. The van der Waals surface area contributed by atoms with E-state index in [0.29, 0.717) is 12.1 Å². The van der Waals surface area contributed by atoms with E-state index in [1.54, 1.807) is 6.92 Å². The summed E-state index contributed by atoms with van der Waals surface area (Å²) in [5, 5.41) is 0. The third kappa shape index (κ3) is 4.56. The second kappa shape index (κ2) is 7.94. The van der Waals surface area contributed by atoms with E-state index >= 15 is 0 Å². The fourth-order valence-electron chi connectivity index (χ4n) is 1.87. The Balaban J connectivity index is 2.23. The molecule has 0 heterocycles. The number of esters is 1. The van der Waals surface area contributed by atoms with Crippen LogP contribution in [0.2, 0.25) is 0 Å². The second-order valence-corrected chi connectivity index (χ2v) is 4.98. The molecule has 0 aliphatic heterocycles. The van der Waals surface area contributed by atoms with Gasteiger partial charge in [0.2, 0.25) is 5.83 Å². The van der Waals surface area contributed by atoms with Gasteiger partial charge in [-0.2, -0.15) is 13.2 Å². The quantitative estimate of drug-likeness (QED) is 0.316. The van der Waals surface area contributed by atoms with Gasteiger partial charge in [0.15, 0.2) is 23.2 Å². The van der Waals surface area contributed by atoms with Gasteiger partial charge < -0.3 is 9.47 Å². The number of carbonyl (C=O) groups excluding carboxylic acids is 1. The third-order valence-corrected chi connectivity index (χ3v) is 3.07. The number of benzene rings is 2. The van der Waals surface area contributed by atoms with Crippen molar-refractivity contribution in [2.24, 2.45) is 0 Å². The number of hydrogen-bond acceptors (Lipinski definition) is 3. The van der Waals surface area contributed by atoms with Crippen LogP contribution in [0.15, 0.2) is 42.2 Å². The van der Waals surface area contributed by atoms with E-state index in [4.69, 9.17) is 0 Å². The van der Waals surface area contributed by atoms with Crippen molar-refractivity contribution in [1.29, 1.82) is 0 Å². The fraction of sp³-hybridized carbons (Fsp3) is 0.118. The molecule has 3 nitrogen and oxygen atoms in total. The third-order valence-electron chi connectivity index (χ3n) is 3.07. The highest BCUT2D eigenvalue weighted by atomic mass is 19.3. The molecule has 0 saturated carbocycles. The molecule has 2 rings (SSSR count). The molecule has 0 radical (unpaired) electrons. The summed E-state index contributed by atoms with van der Waals surface area (Å²) < 4.78 is 86.8. The van der Waals surface area contributed by atoms with Crippen LogP contribution in [0.1, 0.15) is 11.1 Å².